The summed E-state index contributed by atoms with van der Waals surface area (Å²) in [6.45, 7) is 3.73. The number of hydrogen-bond acceptors (Lipinski definition) is 4. The first-order valence-electron chi connectivity index (χ1n) is 8.78. The summed E-state index contributed by atoms with van der Waals surface area (Å²) in [4.78, 5) is 4.64. The molecule has 3 rings (SSSR count). The van der Waals surface area contributed by atoms with E-state index in [1.807, 2.05) is 42.0 Å². The van der Waals surface area contributed by atoms with Gasteiger partial charge in [0.15, 0.2) is 17.4 Å². The van der Waals surface area contributed by atoms with Gasteiger partial charge in [-0.3, -0.25) is 4.40 Å². The molecule has 0 saturated carbocycles. The van der Waals surface area contributed by atoms with Gasteiger partial charge in [0.1, 0.15) is 5.82 Å². The Hall–Kier alpha value is -1.88. The molecular weight excluding hydrogens is 490 g/mol. The zero-order valence-corrected chi connectivity index (χ0v) is 19.0. The standard InChI is InChI=1S/C19H23FN6S.HI/c1-3-21-19(22-11-14-7-8-16(20)10-15(14)13-27-2)23-12-18-25-24-17-6-4-5-9-26(17)18;/h4-10H,3,11-13H2,1-2H3,(H2,21,22,23);1H. The number of benzene rings is 1. The van der Waals surface area contributed by atoms with Crippen LogP contribution in [-0.4, -0.2) is 33.4 Å². The zero-order valence-electron chi connectivity index (χ0n) is 15.9. The Labute approximate surface area is 185 Å². The molecule has 0 fully saturated rings. The summed E-state index contributed by atoms with van der Waals surface area (Å²) in [5, 5.41) is 14.9. The molecule has 2 N–H and O–H groups in total. The van der Waals surface area contributed by atoms with Crippen molar-refractivity contribution >= 4 is 47.3 Å². The maximum Gasteiger partial charge on any atom is 0.191 e. The van der Waals surface area contributed by atoms with Crippen molar-refractivity contribution in [3.05, 3.63) is 65.4 Å². The smallest absolute Gasteiger partial charge is 0.191 e. The van der Waals surface area contributed by atoms with Gasteiger partial charge >= 0.3 is 0 Å². The van der Waals surface area contributed by atoms with Crippen LogP contribution in [0.25, 0.3) is 5.65 Å². The molecule has 150 valence electrons. The van der Waals surface area contributed by atoms with Crippen molar-refractivity contribution in [1.82, 2.24) is 25.2 Å². The van der Waals surface area contributed by atoms with Gasteiger partial charge in [-0.05, 0) is 48.6 Å². The van der Waals surface area contributed by atoms with Crippen LogP contribution in [0.5, 0.6) is 0 Å². The highest BCUT2D eigenvalue weighted by atomic mass is 127. The van der Waals surface area contributed by atoms with Crippen LogP contribution in [0.1, 0.15) is 23.9 Å². The van der Waals surface area contributed by atoms with Gasteiger partial charge in [0.25, 0.3) is 0 Å². The lowest BCUT2D eigenvalue weighted by molar-refractivity contribution is 0.625. The Morgan fingerprint density at radius 1 is 1.18 bits per heavy atom. The van der Waals surface area contributed by atoms with Gasteiger partial charge in [-0.25, -0.2) is 9.38 Å². The molecule has 0 spiro atoms. The molecule has 2 aromatic heterocycles. The van der Waals surface area contributed by atoms with Gasteiger partial charge in [0.2, 0.25) is 0 Å². The third kappa shape index (κ3) is 5.81. The number of aliphatic imine (C=N–C) groups is 1. The first-order chi connectivity index (χ1) is 13.2. The van der Waals surface area contributed by atoms with Crippen LogP contribution in [0, 0.1) is 5.82 Å². The van der Waals surface area contributed by atoms with E-state index in [2.05, 4.69) is 25.8 Å². The molecule has 2 heterocycles. The normalized spacial score (nSPS) is 11.3. The Bertz CT molecular complexity index is 930. The Morgan fingerprint density at radius 3 is 2.82 bits per heavy atom. The van der Waals surface area contributed by atoms with Gasteiger partial charge in [0.05, 0.1) is 13.1 Å². The SMILES string of the molecule is CCNC(=NCc1ccc(F)cc1CSC)NCc1nnc2ccccn12.I. The first-order valence-corrected chi connectivity index (χ1v) is 10.2. The summed E-state index contributed by atoms with van der Waals surface area (Å²) in [5.74, 6) is 2.04. The van der Waals surface area contributed by atoms with Crippen molar-refractivity contribution < 1.29 is 4.39 Å². The summed E-state index contributed by atoms with van der Waals surface area (Å²) in [6.07, 6.45) is 3.94. The molecule has 9 heteroatoms. The second-order valence-corrected chi connectivity index (χ2v) is 6.81. The van der Waals surface area contributed by atoms with E-state index >= 15 is 0 Å². The predicted molar refractivity (Wildman–Crippen MR) is 124 cm³/mol. The van der Waals surface area contributed by atoms with Crippen molar-refractivity contribution in [2.24, 2.45) is 4.99 Å². The van der Waals surface area contributed by atoms with Crippen LogP contribution in [-0.2, 0) is 18.8 Å². The fourth-order valence-electron chi connectivity index (χ4n) is 2.72. The highest BCUT2D eigenvalue weighted by molar-refractivity contribution is 14.0. The number of halogens is 2. The largest absolute Gasteiger partial charge is 0.357 e. The first kappa shape index (κ1) is 22.4. The predicted octanol–water partition coefficient (Wildman–Crippen LogP) is 3.60. The fraction of sp³-hybridized carbons (Fsp3) is 0.316. The molecule has 0 bridgehead atoms. The van der Waals surface area contributed by atoms with Crippen molar-refractivity contribution in [2.45, 2.75) is 25.8 Å². The number of thioether (sulfide) groups is 1. The third-order valence-corrected chi connectivity index (χ3v) is 4.62. The molecule has 0 radical (unpaired) electrons. The minimum Gasteiger partial charge on any atom is -0.357 e. The summed E-state index contributed by atoms with van der Waals surface area (Å²) >= 11 is 1.67. The molecule has 0 unspecified atom stereocenters. The number of nitrogens with zero attached hydrogens (tertiary/aromatic N) is 4. The highest BCUT2D eigenvalue weighted by Crippen LogP contribution is 2.17. The monoisotopic (exact) mass is 514 g/mol. The second kappa shape index (κ2) is 11.2. The van der Waals surface area contributed by atoms with E-state index in [1.165, 1.54) is 6.07 Å². The maximum absolute atomic E-state index is 13.5. The Kier molecular flexibility index (Phi) is 8.97. The van der Waals surface area contributed by atoms with Gasteiger partial charge in [-0.2, -0.15) is 11.8 Å². The van der Waals surface area contributed by atoms with Gasteiger partial charge in [0, 0.05) is 18.5 Å². The number of pyridine rings is 1. The average Bonchev–Trinajstić information content (AvgIpc) is 3.09. The lowest BCUT2D eigenvalue weighted by Crippen LogP contribution is -2.37. The van der Waals surface area contributed by atoms with Crippen LogP contribution in [0.3, 0.4) is 0 Å². The van der Waals surface area contributed by atoms with Crippen molar-refractivity contribution in [3.63, 3.8) is 0 Å². The Balaban J connectivity index is 0.00000280. The number of rotatable bonds is 7. The van der Waals surface area contributed by atoms with Crippen LogP contribution in [0.2, 0.25) is 0 Å². The van der Waals surface area contributed by atoms with Crippen molar-refractivity contribution in [2.75, 3.05) is 12.8 Å². The zero-order chi connectivity index (χ0) is 19.1. The van der Waals surface area contributed by atoms with E-state index in [4.69, 9.17) is 0 Å². The van der Waals surface area contributed by atoms with Crippen LogP contribution >= 0.6 is 35.7 Å². The molecule has 6 nitrogen and oxygen atoms in total. The van der Waals surface area contributed by atoms with Crippen molar-refractivity contribution in [1.29, 1.82) is 0 Å². The van der Waals surface area contributed by atoms with E-state index in [9.17, 15) is 4.39 Å². The number of nitrogens with one attached hydrogen (secondary N) is 2. The molecule has 0 aliphatic heterocycles. The number of guanidine groups is 1. The highest BCUT2D eigenvalue weighted by Gasteiger charge is 2.07. The molecule has 0 aliphatic rings. The molecule has 1 aromatic carbocycles. The van der Waals surface area contributed by atoms with E-state index in [0.717, 1.165) is 34.9 Å². The Morgan fingerprint density at radius 2 is 2.04 bits per heavy atom. The van der Waals surface area contributed by atoms with Crippen molar-refractivity contribution in [3.8, 4) is 0 Å². The minimum atomic E-state index is -0.213. The number of fused-ring (bicyclic) bond motifs is 1. The molecular formula is C19H24FIN6S. The maximum atomic E-state index is 13.5. The van der Waals surface area contributed by atoms with Gasteiger partial charge in [-0.15, -0.1) is 34.2 Å². The molecule has 28 heavy (non-hydrogen) atoms. The van der Waals surface area contributed by atoms with Crippen LogP contribution in [0.4, 0.5) is 4.39 Å². The summed E-state index contributed by atoms with van der Waals surface area (Å²) in [5.41, 5.74) is 2.81. The van der Waals surface area contributed by atoms with Crippen LogP contribution < -0.4 is 10.6 Å². The fourth-order valence-corrected chi connectivity index (χ4v) is 3.30. The molecule has 0 amide bonds. The molecule has 0 atom stereocenters. The molecule has 0 saturated heterocycles. The third-order valence-electron chi connectivity index (χ3n) is 4.02. The molecule has 3 aromatic rings. The average molecular weight is 514 g/mol. The topological polar surface area (TPSA) is 66.6 Å². The minimum absolute atomic E-state index is 0. The number of hydrogen-bond donors (Lipinski definition) is 2. The quantitative estimate of drug-likeness (QED) is 0.287. The lowest BCUT2D eigenvalue weighted by atomic mass is 10.1. The van der Waals surface area contributed by atoms with Gasteiger partial charge < -0.3 is 10.6 Å². The number of aromatic nitrogens is 3. The van der Waals surface area contributed by atoms with E-state index in [-0.39, 0.29) is 29.8 Å². The van der Waals surface area contributed by atoms with Crippen LogP contribution in [0.15, 0.2) is 47.6 Å². The van der Waals surface area contributed by atoms with E-state index < -0.39 is 0 Å². The second-order valence-electron chi connectivity index (χ2n) is 5.94. The molecule has 0 aliphatic carbocycles. The lowest BCUT2D eigenvalue weighted by Gasteiger charge is -2.12. The summed E-state index contributed by atoms with van der Waals surface area (Å²) in [6, 6.07) is 10.7. The van der Waals surface area contributed by atoms with Gasteiger partial charge in [-0.1, -0.05) is 12.1 Å². The summed E-state index contributed by atoms with van der Waals surface area (Å²) < 4.78 is 15.4. The van der Waals surface area contributed by atoms with E-state index in [0.29, 0.717) is 19.0 Å². The summed E-state index contributed by atoms with van der Waals surface area (Å²) in [7, 11) is 0. The van der Waals surface area contributed by atoms with E-state index in [1.54, 1.807) is 23.9 Å².